The van der Waals surface area contributed by atoms with Gasteiger partial charge < -0.3 is 24.6 Å². The number of methoxy groups -OCH3 is 1. The molecule has 3 aromatic heterocycles. The van der Waals surface area contributed by atoms with Gasteiger partial charge >= 0.3 is 0 Å². The average molecular weight is 635 g/mol. The molecule has 0 spiro atoms. The second-order valence-corrected chi connectivity index (χ2v) is 11.9. The van der Waals surface area contributed by atoms with Gasteiger partial charge in [-0.05, 0) is 75.2 Å². The third kappa shape index (κ3) is 7.00. The van der Waals surface area contributed by atoms with Crippen molar-refractivity contribution in [3.05, 3.63) is 106 Å². The molecule has 3 heterocycles. The predicted molar refractivity (Wildman–Crippen MR) is 176 cm³/mol. The van der Waals surface area contributed by atoms with Crippen LogP contribution in [0, 0.1) is 0 Å². The van der Waals surface area contributed by atoms with Gasteiger partial charge in [0.05, 0.1) is 31.0 Å². The monoisotopic (exact) mass is 634 g/mol. The number of ether oxygens (including phenoxy) is 3. The molecule has 0 radical (unpaired) electrons. The smallest absolute Gasteiger partial charge is 0.268 e. The van der Waals surface area contributed by atoms with Crippen LogP contribution in [0.2, 0.25) is 0 Å². The minimum Gasteiger partial charge on any atom is -0.497 e. The number of anilines is 1. The molecule has 0 aliphatic heterocycles. The minimum absolute atomic E-state index is 0.100. The van der Waals surface area contributed by atoms with Gasteiger partial charge in [0.2, 0.25) is 5.88 Å². The second-order valence-electron chi connectivity index (χ2n) is 11.9. The molecule has 1 amide bonds. The molecular weight excluding hydrogens is 600 g/mol. The molecule has 2 N–H and O–H groups in total. The quantitative estimate of drug-likeness (QED) is 0.192. The summed E-state index contributed by atoms with van der Waals surface area (Å²) < 4.78 is 18.9. The molecule has 6 rings (SSSR count). The van der Waals surface area contributed by atoms with Gasteiger partial charge in [0, 0.05) is 41.2 Å². The highest BCUT2D eigenvalue weighted by Gasteiger charge is 2.26. The lowest BCUT2D eigenvalue weighted by atomic mass is 9.92. The summed E-state index contributed by atoms with van der Waals surface area (Å²) in [5.74, 6) is 1.15. The van der Waals surface area contributed by atoms with Crippen LogP contribution in [0.3, 0.4) is 0 Å². The van der Waals surface area contributed by atoms with Gasteiger partial charge in [-0.2, -0.15) is 0 Å². The molecule has 11 nitrogen and oxygen atoms in total. The van der Waals surface area contributed by atoms with Crippen molar-refractivity contribution >= 4 is 28.4 Å². The number of amides is 1. The van der Waals surface area contributed by atoms with Gasteiger partial charge in [-0.3, -0.25) is 19.0 Å². The largest absolute Gasteiger partial charge is 0.497 e. The van der Waals surface area contributed by atoms with E-state index in [0.717, 1.165) is 0 Å². The van der Waals surface area contributed by atoms with Crippen LogP contribution in [0.25, 0.3) is 16.6 Å². The Morgan fingerprint density at radius 2 is 1.79 bits per heavy atom. The number of carbonyl (C=O) groups excluding carboxylic acids is 2. The first-order valence-corrected chi connectivity index (χ1v) is 15.3. The number of nitrogens with zero attached hydrogens (tertiary/aromatic N) is 3. The third-order valence-electron chi connectivity index (χ3n) is 7.80. The number of benzene rings is 2. The summed E-state index contributed by atoms with van der Waals surface area (Å²) >= 11 is 0. The maximum atomic E-state index is 13.6. The molecule has 0 saturated carbocycles. The van der Waals surface area contributed by atoms with Crippen LogP contribution in [0.1, 0.15) is 59.5 Å². The number of hydrogen-bond donors (Lipinski definition) is 2. The summed E-state index contributed by atoms with van der Waals surface area (Å²) in [5, 5.41) is 13.4. The first-order valence-electron chi connectivity index (χ1n) is 15.3. The van der Waals surface area contributed by atoms with E-state index in [1.54, 1.807) is 81.6 Å². The van der Waals surface area contributed by atoms with Gasteiger partial charge in [-0.1, -0.05) is 18.2 Å². The molecule has 0 saturated heterocycles. The fourth-order valence-corrected chi connectivity index (χ4v) is 5.37. The summed E-state index contributed by atoms with van der Waals surface area (Å²) in [4.78, 5) is 48.8. The molecule has 11 heteroatoms. The zero-order valence-corrected chi connectivity index (χ0v) is 26.3. The van der Waals surface area contributed by atoms with E-state index in [-0.39, 0.29) is 23.8 Å². The van der Waals surface area contributed by atoms with E-state index < -0.39 is 17.1 Å². The average Bonchev–Trinajstić information content (AvgIpc) is 3.05. The normalized spacial score (nSPS) is 12.8. The number of aliphatic hydroxyl groups is 1. The summed E-state index contributed by atoms with van der Waals surface area (Å²) in [7, 11) is 1.57. The Hall–Kier alpha value is -5.55. The van der Waals surface area contributed by atoms with Crippen LogP contribution in [0.15, 0.2) is 83.8 Å². The number of nitrogens with one attached hydrogen (secondary N) is 1. The third-order valence-corrected chi connectivity index (χ3v) is 7.80. The Morgan fingerprint density at radius 1 is 1.00 bits per heavy atom. The van der Waals surface area contributed by atoms with Crippen molar-refractivity contribution in [2.45, 2.75) is 45.1 Å². The fraction of sp³-hybridized carbons (Fsp3) is 0.250. The Bertz CT molecular complexity index is 2020. The molecule has 0 fully saturated rings. The topological polar surface area (TPSA) is 142 Å². The fourth-order valence-electron chi connectivity index (χ4n) is 5.37. The van der Waals surface area contributed by atoms with E-state index in [9.17, 15) is 19.5 Å². The molecular formula is C36H34N4O7. The van der Waals surface area contributed by atoms with Crippen LogP contribution >= 0.6 is 0 Å². The zero-order valence-electron chi connectivity index (χ0n) is 26.3. The number of Topliss-reactive ketones (excluding diaryl/α,β-unsaturated/α-hetero) is 1. The van der Waals surface area contributed by atoms with E-state index in [1.807, 2.05) is 6.07 Å². The van der Waals surface area contributed by atoms with Gasteiger partial charge in [-0.25, -0.2) is 9.97 Å². The van der Waals surface area contributed by atoms with Gasteiger partial charge in [0.15, 0.2) is 5.78 Å². The number of pyridine rings is 3. The number of carbonyl (C=O) groups is 2. The Labute approximate surface area is 270 Å². The lowest BCUT2D eigenvalue weighted by Crippen LogP contribution is -2.33. The molecule has 2 aromatic carbocycles. The lowest BCUT2D eigenvalue weighted by Gasteiger charge is -2.21. The lowest BCUT2D eigenvalue weighted by molar-refractivity contribution is 0.0547. The summed E-state index contributed by atoms with van der Waals surface area (Å²) in [6.45, 7) is 3.67. The SMILES string of the molecule is COc1ccc2nc(OCCC(C)(C)O)cc(Oc3ccc(NC(=O)c4cc5c(n(-c6ccccc6)c4=O)CCCC5=O)nc3)c2c1. The van der Waals surface area contributed by atoms with Crippen LogP contribution in [-0.2, 0) is 6.42 Å². The van der Waals surface area contributed by atoms with Crippen molar-refractivity contribution in [2.75, 3.05) is 19.0 Å². The number of aromatic nitrogens is 3. The van der Waals surface area contributed by atoms with Crippen LogP contribution in [0.4, 0.5) is 5.82 Å². The number of hydrogen-bond acceptors (Lipinski definition) is 9. The maximum absolute atomic E-state index is 13.6. The number of para-hydroxylation sites is 1. The van der Waals surface area contributed by atoms with Gasteiger partial charge in [0.1, 0.15) is 28.6 Å². The minimum atomic E-state index is -0.887. The molecule has 1 aliphatic carbocycles. The Morgan fingerprint density at radius 3 is 2.51 bits per heavy atom. The standard InChI is InChI=1S/C36H34N4O7/c1-36(2,44)16-17-46-33-20-31(25-18-23(45-3)12-14-28(25)38-33)47-24-13-15-32(37-21-24)39-34(42)27-19-26-29(10-7-11-30(26)41)40(35(27)43)22-8-5-4-6-9-22/h4-6,8-9,12-15,18-21,44H,7,10-11,16-17H2,1-3H3,(H,37,39,42). The van der Waals surface area contributed by atoms with Crippen LogP contribution in [-0.4, -0.2) is 50.6 Å². The van der Waals surface area contributed by atoms with Crippen molar-refractivity contribution in [1.29, 1.82) is 0 Å². The molecule has 1 aliphatic rings. The molecule has 47 heavy (non-hydrogen) atoms. The molecule has 5 aromatic rings. The summed E-state index contributed by atoms with van der Waals surface area (Å²) in [6.07, 6.45) is 3.41. The van der Waals surface area contributed by atoms with Crippen LogP contribution in [0.5, 0.6) is 23.1 Å². The number of fused-ring (bicyclic) bond motifs is 2. The number of ketones is 1. The van der Waals surface area contributed by atoms with Gasteiger partial charge in [0.25, 0.3) is 11.5 Å². The van der Waals surface area contributed by atoms with Crippen molar-refractivity contribution in [3.63, 3.8) is 0 Å². The molecule has 0 bridgehead atoms. The highest BCUT2D eigenvalue weighted by atomic mass is 16.5. The molecule has 0 unspecified atom stereocenters. The van der Waals surface area contributed by atoms with E-state index in [0.29, 0.717) is 76.7 Å². The van der Waals surface area contributed by atoms with Crippen molar-refractivity contribution in [1.82, 2.24) is 14.5 Å². The molecule has 240 valence electrons. The highest BCUT2D eigenvalue weighted by Crippen LogP contribution is 2.35. The van der Waals surface area contributed by atoms with E-state index in [1.165, 1.54) is 16.8 Å². The number of rotatable bonds is 10. The van der Waals surface area contributed by atoms with E-state index >= 15 is 0 Å². The van der Waals surface area contributed by atoms with Crippen molar-refractivity contribution in [3.8, 4) is 28.8 Å². The summed E-state index contributed by atoms with van der Waals surface area (Å²) in [5.41, 5.74) is 0.642. The molecule has 0 atom stereocenters. The highest BCUT2D eigenvalue weighted by molar-refractivity contribution is 6.06. The summed E-state index contributed by atoms with van der Waals surface area (Å²) in [6, 6.07) is 20.6. The maximum Gasteiger partial charge on any atom is 0.268 e. The van der Waals surface area contributed by atoms with Crippen molar-refractivity contribution in [2.24, 2.45) is 0 Å². The van der Waals surface area contributed by atoms with E-state index in [4.69, 9.17) is 14.2 Å². The second kappa shape index (κ2) is 13.1. The van der Waals surface area contributed by atoms with Crippen LogP contribution < -0.4 is 25.1 Å². The first kappa shape index (κ1) is 31.4. The Balaban J connectivity index is 1.25. The predicted octanol–water partition coefficient (Wildman–Crippen LogP) is 5.89. The van der Waals surface area contributed by atoms with E-state index in [2.05, 4.69) is 15.3 Å². The first-order chi connectivity index (χ1) is 22.6. The van der Waals surface area contributed by atoms with Gasteiger partial charge in [-0.15, -0.1) is 0 Å². The Kier molecular flexibility index (Phi) is 8.73. The zero-order chi connectivity index (χ0) is 33.1. The van der Waals surface area contributed by atoms with Crippen molar-refractivity contribution < 1.29 is 28.9 Å².